The minimum absolute atomic E-state index is 0.102. The van der Waals surface area contributed by atoms with Gasteiger partial charge in [-0.1, -0.05) is 32.9 Å². The maximum absolute atomic E-state index is 12.3. The molecule has 30 heavy (non-hydrogen) atoms. The highest BCUT2D eigenvalue weighted by atomic mass is 32.2. The van der Waals surface area contributed by atoms with E-state index in [0.717, 1.165) is 11.3 Å². The van der Waals surface area contributed by atoms with Crippen LogP contribution >= 0.6 is 0 Å². The first kappa shape index (κ1) is 23.8. The van der Waals surface area contributed by atoms with Crippen LogP contribution in [0.3, 0.4) is 0 Å². The Morgan fingerprint density at radius 3 is 2.60 bits per heavy atom. The second-order valence-corrected chi connectivity index (χ2v) is 9.45. The molecule has 1 aromatic carbocycles. The van der Waals surface area contributed by atoms with Crippen molar-refractivity contribution in [1.29, 1.82) is 0 Å². The third kappa shape index (κ3) is 7.12. The molecular weight excluding hydrogens is 406 g/mol. The Balaban J connectivity index is 1.93. The third-order valence-corrected chi connectivity index (χ3v) is 5.65. The van der Waals surface area contributed by atoms with Crippen LogP contribution in [0.4, 0.5) is 0 Å². The maximum atomic E-state index is 12.3. The summed E-state index contributed by atoms with van der Waals surface area (Å²) in [6, 6.07) is 6.73. The molecule has 0 aliphatic rings. The van der Waals surface area contributed by atoms with Crippen LogP contribution in [0.15, 0.2) is 44.8 Å². The highest BCUT2D eigenvalue weighted by Gasteiger charge is 2.19. The van der Waals surface area contributed by atoms with Crippen LogP contribution in [-0.2, 0) is 33.3 Å². The largest absolute Gasteiger partial charge is 0.443 e. The lowest BCUT2D eigenvalue weighted by Crippen LogP contribution is -2.36. The van der Waals surface area contributed by atoms with Crippen molar-refractivity contribution in [1.82, 2.24) is 20.3 Å². The van der Waals surface area contributed by atoms with Crippen molar-refractivity contribution >= 4 is 16.0 Å². The molecule has 166 valence electrons. The number of ether oxygens (including phenoxy) is 1. The van der Waals surface area contributed by atoms with Crippen LogP contribution in [0.1, 0.15) is 38.0 Å². The number of guanidine groups is 1. The minimum Gasteiger partial charge on any atom is -0.443 e. The number of nitrogens with zero attached hydrogens (tertiary/aromatic N) is 2. The molecule has 0 atom stereocenters. The van der Waals surface area contributed by atoms with Crippen LogP contribution in [0, 0.1) is 0 Å². The molecule has 0 fully saturated rings. The number of hydrogen-bond acceptors (Lipinski definition) is 6. The molecule has 1 heterocycles. The second kappa shape index (κ2) is 10.6. The summed E-state index contributed by atoms with van der Waals surface area (Å²) in [6.45, 7) is 7.50. The van der Waals surface area contributed by atoms with E-state index in [1.54, 1.807) is 31.4 Å². The zero-order valence-corrected chi connectivity index (χ0v) is 19.0. The Kier molecular flexibility index (Phi) is 8.39. The zero-order valence-electron chi connectivity index (χ0n) is 18.2. The average molecular weight is 438 g/mol. The molecule has 2 rings (SSSR count). The predicted molar refractivity (Wildman–Crippen MR) is 116 cm³/mol. The van der Waals surface area contributed by atoms with E-state index in [9.17, 15) is 8.42 Å². The smallest absolute Gasteiger partial charge is 0.240 e. The first-order valence-corrected chi connectivity index (χ1v) is 11.1. The van der Waals surface area contributed by atoms with Crippen LogP contribution in [-0.4, -0.2) is 46.7 Å². The molecule has 0 saturated heterocycles. The topological polar surface area (TPSA) is 118 Å². The monoisotopic (exact) mass is 437 g/mol. The van der Waals surface area contributed by atoms with Crippen LogP contribution in [0.25, 0.3) is 0 Å². The molecule has 0 aliphatic carbocycles. The number of methoxy groups -OCH3 is 1. The molecule has 0 amide bonds. The molecule has 0 radical (unpaired) electrons. The molecular formula is C20H31N5O4S. The third-order valence-electron chi connectivity index (χ3n) is 4.19. The molecule has 1 aromatic heterocycles. The molecule has 0 unspecified atom stereocenters. The maximum Gasteiger partial charge on any atom is 0.240 e. The SMILES string of the molecule is CN=C(NCc1cccc(S(=O)(=O)NCCOC)c1)NCc1ncc(C(C)(C)C)o1. The van der Waals surface area contributed by atoms with E-state index < -0.39 is 10.0 Å². The quantitative estimate of drug-likeness (QED) is 0.311. The fourth-order valence-corrected chi connectivity index (χ4v) is 3.57. The van der Waals surface area contributed by atoms with Gasteiger partial charge in [0.2, 0.25) is 15.9 Å². The van der Waals surface area contributed by atoms with Gasteiger partial charge in [0.15, 0.2) is 5.96 Å². The lowest BCUT2D eigenvalue weighted by Gasteiger charge is -2.14. The lowest BCUT2D eigenvalue weighted by molar-refractivity contribution is 0.204. The molecule has 9 nitrogen and oxygen atoms in total. The Morgan fingerprint density at radius 1 is 1.23 bits per heavy atom. The Hall–Kier alpha value is -2.43. The molecule has 0 saturated carbocycles. The van der Waals surface area contributed by atoms with Gasteiger partial charge in [0.05, 0.1) is 24.2 Å². The molecule has 0 aliphatic heterocycles. The van der Waals surface area contributed by atoms with Crippen molar-refractivity contribution < 1.29 is 17.6 Å². The van der Waals surface area contributed by atoms with E-state index >= 15 is 0 Å². The minimum atomic E-state index is -3.58. The van der Waals surface area contributed by atoms with E-state index in [0.29, 0.717) is 31.5 Å². The van der Waals surface area contributed by atoms with E-state index in [-0.39, 0.29) is 16.9 Å². The van der Waals surface area contributed by atoms with Gasteiger partial charge >= 0.3 is 0 Å². The number of aromatic nitrogens is 1. The summed E-state index contributed by atoms with van der Waals surface area (Å²) in [6.07, 6.45) is 1.74. The fourth-order valence-electron chi connectivity index (χ4n) is 2.49. The van der Waals surface area contributed by atoms with Gasteiger partial charge in [0.25, 0.3) is 0 Å². The average Bonchev–Trinajstić information content (AvgIpc) is 3.18. The van der Waals surface area contributed by atoms with Gasteiger partial charge in [-0.25, -0.2) is 18.1 Å². The summed E-state index contributed by atoms with van der Waals surface area (Å²) in [5.74, 6) is 1.94. The number of nitrogens with one attached hydrogen (secondary N) is 3. The highest BCUT2D eigenvalue weighted by Crippen LogP contribution is 2.22. The summed E-state index contributed by atoms with van der Waals surface area (Å²) in [4.78, 5) is 8.66. The van der Waals surface area contributed by atoms with Crippen molar-refractivity contribution in [2.45, 2.75) is 44.2 Å². The van der Waals surface area contributed by atoms with Gasteiger partial charge in [-0.05, 0) is 17.7 Å². The molecule has 3 N–H and O–H groups in total. The van der Waals surface area contributed by atoms with Gasteiger partial charge in [-0.3, -0.25) is 4.99 Å². The van der Waals surface area contributed by atoms with Crippen molar-refractivity contribution in [2.24, 2.45) is 4.99 Å². The zero-order chi connectivity index (χ0) is 22.2. The van der Waals surface area contributed by atoms with Crippen molar-refractivity contribution in [3.8, 4) is 0 Å². The van der Waals surface area contributed by atoms with Crippen LogP contribution in [0.2, 0.25) is 0 Å². The van der Waals surface area contributed by atoms with E-state index in [1.165, 1.54) is 7.11 Å². The summed E-state index contributed by atoms with van der Waals surface area (Å²) in [5, 5.41) is 6.30. The first-order valence-electron chi connectivity index (χ1n) is 9.63. The Labute approximate surface area is 178 Å². The molecule has 0 spiro atoms. The van der Waals surface area contributed by atoms with Crippen molar-refractivity contribution in [3.05, 3.63) is 47.7 Å². The number of hydrogen-bond donors (Lipinski definition) is 3. The van der Waals surface area contributed by atoms with E-state index in [4.69, 9.17) is 9.15 Å². The Bertz CT molecular complexity index is 948. The molecule has 0 bridgehead atoms. The summed E-state index contributed by atoms with van der Waals surface area (Å²) in [5.41, 5.74) is 0.702. The van der Waals surface area contributed by atoms with E-state index in [1.807, 2.05) is 6.07 Å². The van der Waals surface area contributed by atoms with Gasteiger partial charge in [0.1, 0.15) is 5.76 Å². The number of sulfonamides is 1. The number of aliphatic imine (C=N–C) groups is 1. The molecule has 10 heteroatoms. The second-order valence-electron chi connectivity index (χ2n) is 7.69. The van der Waals surface area contributed by atoms with Gasteiger partial charge in [-0.15, -0.1) is 0 Å². The molecule has 2 aromatic rings. The lowest BCUT2D eigenvalue weighted by atomic mass is 9.94. The summed E-state index contributed by atoms with van der Waals surface area (Å²) < 4.78 is 37.8. The Morgan fingerprint density at radius 2 is 1.97 bits per heavy atom. The van der Waals surface area contributed by atoms with Crippen molar-refractivity contribution in [3.63, 3.8) is 0 Å². The van der Waals surface area contributed by atoms with E-state index in [2.05, 4.69) is 46.1 Å². The summed E-state index contributed by atoms with van der Waals surface area (Å²) in [7, 11) is -0.400. The van der Waals surface area contributed by atoms with Gasteiger partial charge < -0.3 is 19.8 Å². The number of rotatable bonds is 9. The van der Waals surface area contributed by atoms with Gasteiger partial charge in [0, 0.05) is 32.7 Å². The fraction of sp³-hybridized carbons (Fsp3) is 0.500. The standard InChI is InChI=1S/C20H31N5O4S/c1-20(2,3)17-13-22-18(29-17)14-24-19(21-4)23-12-15-7-6-8-16(11-15)30(26,27)25-9-10-28-5/h6-8,11,13,25H,9-10,12,14H2,1-5H3,(H2,21,23,24). The first-order chi connectivity index (χ1) is 14.2. The van der Waals surface area contributed by atoms with Gasteiger partial charge in [-0.2, -0.15) is 0 Å². The van der Waals surface area contributed by atoms with Crippen molar-refractivity contribution in [2.75, 3.05) is 27.3 Å². The normalized spacial score (nSPS) is 12.8. The van der Waals surface area contributed by atoms with Crippen LogP contribution in [0.5, 0.6) is 0 Å². The predicted octanol–water partition coefficient (Wildman–Crippen LogP) is 1.76. The number of benzene rings is 1. The highest BCUT2D eigenvalue weighted by molar-refractivity contribution is 7.89. The van der Waals surface area contributed by atoms with Crippen LogP contribution < -0.4 is 15.4 Å². The number of oxazole rings is 1. The summed E-state index contributed by atoms with van der Waals surface area (Å²) >= 11 is 0.